The Balaban J connectivity index is 0.000000330. The normalized spacial score (nSPS) is 18.8. The van der Waals surface area contributed by atoms with Crippen LogP contribution in [0.4, 0.5) is 0 Å². The second-order valence-electron chi connectivity index (χ2n) is 8.08. The Bertz CT molecular complexity index is 750. The molecule has 9 nitrogen and oxygen atoms in total. The first-order valence-corrected chi connectivity index (χ1v) is 10.4. The molecule has 1 fully saturated rings. The Labute approximate surface area is 181 Å². The molecule has 1 aromatic rings. The van der Waals surface area contributed by atoms with Crippen molar-refractivity contribution >= 4 is 17.9 Å². The van der Waals surface area contributed by atoms with Crippen LogP contribution >= 0.6 is 0 Å². The van der Waals surface area contributed by atoms with Crippen LogP contribution in [0.5, 0.6) is 5.75 Å². The molecular formula is C22H33NO8. The average molecular weight is 440 g/mol. The standard InChI is InChI=1S/C16H25NO.C6H8O7/c1-3-8-16(9-11-17(13-16)10-4-2)14-6-5-7-15(18)12-14;7-3(8)1-6(13,5(11)12)2-4(9)10/h5-7,12,18H,3-4,8-11,13H2,1-2H3;13H,1-2H2,(H,7,8)(H,9,10)(H,11,12). The fourth-order valence-corrected chi connectivity index (χ4v) is 4.08. The lowest BCUT2D eigenvalue weighted by Crippen LogP contribution is -2.42. The van der Waals surface area contributed by atoms with Gasteiger partial charge in [-0.15, -0.1) is 0 Å². The van der Waals surface area contributed by atoms with Gasteiger partial charge in [0.05, 0.1) is 12.8 Å². The van der Waals surface area contributed by atoms with Crippen molar-refractivity contribution in [2.75, 3.05) is 19.6 Å². The number of phenolic OH excluding ortho intramolecular Hbond substituents is 1. The van der Waals surface area contributed by atoms with Crippen LogP contribution in [0.15, 0.2) is 24.3 Å². The van der Waals surface area contributed by atoms with Gasteiger partial charge in [-0.25, -0.2) is 4.79 Å². The topological polar surface area (TPSA) is 156 Å². The van der Waals surface area contributed by atoms with Gasteiger partial charge < -0.3 is 30.4 Å². The highest BCUT2D eigenvalue weighted by Gasteiger charge is 2.41. The lowest BCUT2D eigenvalue weighted by atomic mass is 9.76. The number of rotatable bonds is 10. The highest BCUT2D eigenvalue weighted by atomic mass is 16.4. The van der Waals surface area contributed by atoms with Gasteiger partial charge in [0.1, 0.15) is 5.75 Å². The van der Waals surface area contributed by atoms with Gasteiger partial charge in [0.25, 0.3) is 0 Å². The second kappa shape index (κ2) is 11.7. The van der Waals surface area contributed by atoms with Gasteiger partial charge in [-0.2, -0.15) is 0 Å². The molecule has 1 atom stereocenters. The summed E-state index contributed by atoms with van der Waals surface area (Å²) >= 11 is 0. The Morgan fingerprint density at radius 1 is 1.06 bits per heavy atom. The molecule has 9 heteroatoms. The van der Waals surface area contributed by atoms with Gasteiger partial charge in [-0.05, 0) is 50.0 Å². The van der Waals surface area contributed by atoms with E-state index in [9.17, 15) is 19.5 Å². The summed E-state index contributed by atoms with van der Waals surface area (Å²) in [6, 6.07) is 7.89. The molecule has 0 saturated carbocycles. The van der Waals surface area contributed by atoms with E-state index in [1.807, 2.05) is 12.1 Å². The van der Waals surface area contributed by atoms with Crippen LogP contribution in [0.25, 0.3) is 0 Å². The molecule has 0 amide bonds. The summed E-state index contributed by atoms with van der Waals surface area (Å²) in [5.41, 5.74) is -1.15. The molecule has 1 heterocycles. The van der Waals surface area contributed by atoms with Gasteiger partial charge in [0.15, 0.2) is 5.60 Å². The second-order valence-corrected chi connectivity index (χ2v) is 8.08. The van der Waals surface area contributed by atoms with Crippen LogP contribution in [0.1, 0.15) is 57.9 Å². The van der Waals surface area contributed by atoms with E-state index in [4.69, 9.17) is 20.4 Å². The minimum atomic E-state index is -2.74. The third-order valence-electron chi connectivity index (χ3n) is 5.45. The first-order valence-electron chi connectivity index (χ1n) is 10.4. The van der Waals surface area contributed by atoms with E-state index in [-0.39, 0.29) is 5.41 Å². The van der Waals surface area contributed by atoms with Crippen molar-refractivity contribution < 1.29 is 39.9 Å². The predicted molar refractivity (Wildman–Crippen MR) is 113 cm³/mol. The number of phenols is 1. The van der Waals surface area contributed by atoms with Gasteiger partial charge in [0, 0.05) is 12.0 Å². The number of aliphatic carboxylic acids is 3. The van der Waals surface area contributed by atoms with Crippen LogP contribution in [0.3, 0.4) is 0 Å². The SMILES string of the molecule is CCCN1CCC(CCC)(c2cccc(O)c2)C1.O=C(O)CC(O)(CC(=O)O)C(=O)O. The zero-order valence-corrected chi connectivity index (χ0v) is 18.1. The van der Waals surface area contributed by atoms with Crippen LogP contribution in [0, 0.1) is 0 Å². The highest BCUT2D eigenvalue weighted by Crippen LogP contribution is 2.39. The van der Waals surface area contributed by atoms with Crippen molar-refractivity contribution in [3.05, 3.63) is 29.8 Å². The summed E-state index contributed by atoms with van der Waals surface area (Å²) in [6.45, 7) is 8.05. The van der Waals surface area contributed by atoms with Crippen molar-refractivity contribution in [2.45, 2.75) is 63.4 Å². The summed E-state index contributed by atoms with van der Waals surface area (Å²) in [4.78, 5) is 33.1. The smallest absolute Gasteiger partial charge is 0.336 e. The van der Waals surface area contributed by atoms with E-state index in [0.717, 1.165) is 6.54 Å². The summed E-state index contributed by atoms with van der Waals surface area (Å²) in [7, 11) is 0. The van der Waals surface area contributed by atoms with Crippen molar-refractivity contribution in [1.29, 1.82) is 0 Å². The van der Waals surface area contributed by atoms with Crippen LogP contribution < -0.4 is 0 Å². The predicted octanol–water partition coefficient (Wildman–Crippen LogP) is 2.30. The van der Waals surface area contributed by atoms with Crippen molar-refractivity contribution in [1.82, 2.24) is 4.90 Å². The van der Waals surface area contributed by atoms with E-state index in [0.29, 0.717) is 5.75 Å². The fourth-order valence-electron chi connectivity index (χ4n) is 4.08. The maximum Gasteiger partial charge on any atom is 0.336 e. The van der Waals surface area contributed by atoms with Gasteiger partial charge in [-0.1, -0.05) is 32.4 Å². The fraction of sp³-hybridized carbons (Fsp3) is 0.591. The Morgan fingerprint density at radius 2 is 1.68 bits per heavy atom. The third kappa shape index (κ3) is 7.84. The van der Waals surface area contributed by atoms with Gasteiger partial charge in [-0.3, -0.25) is 9.59 Å². The zero-order valence-electron chi connectivity index (χ0n) is 18.1. The Kier molecular flexibility index (Phi) is 9.93. The van der Waals surface area contributed by atoms with E-state index in [1.54, 1.807) is 6.07 Å². The molecule has 5 N–H and O–H groups in total. The van der Waals surface area contributed by atoms with Crippen molar-refractivity contribution in [3.8, 4) is 5.75 Å². The number of carboxylic acids is 3. The summed E-state index contributed by atoms with van der Waals surface area (Å²) in [5, 5.41) is 43.5. The Hall–Kier alpha value is -2.65. The summed E-state index contributed by atoms with van der Waals surface area (Å²) in [6.07, 6.45) is 2.59. The van der Waals surface area contributed by atoms with E-state index >= 15 is 0 Å². The number of likely N-dealkylation sites (tertiary alicyclic amines) is 1. The van der Waals surface area contributed by atoms with E-state index in [1.165, 1.54) is 44.3 Å². The van der Waals surface area contributed by atoms with Gasteiger partial charge in [0.2, 0.25) is 0 Å². The number of benzene rings is 1. The first kappa shape index (κ1) is 26.4. The molecule has 1 aliphatic rings. The van der Waals surface area contributed by atoms with Crippen molar-refractivity contribution in [3.63, 3.8) is 0 Å². The Morgan fingerprint density at radius 3 is 2.13 bits per heavy atom. The number of hydrogen-bond donors (Lipinski definition) is 5. The molecule has 1 aromatic carbocycles. The lowest BCUT2D eigenvalue weighted by Gasteiger charge is -2.30. The largest absolute Gasteiger partial charge is 0.508 e. The summed E-state index contributed by atoms with van der Waals surface area (Å²) < 4.78 is 0. The van der Waals surface area contributed by atoms with E-state index < -0.39 is 36.4 Å². The average Bonchev–Trinajstić information content (AvgIpc) is 3.05. The lowest BCUT2D eigenvalue weighted by molar-refractivity contribution is -0.170. The van der Waals surface area contributed by atoms with Crippen LogP contribution in [-0.4, -0.2) is 73.6 Å². The van der Waals surface area contributed by atoms with E-state index in [2.05, 4.69) is 24.8 Å². The van der Waals surface area contributed by atoms with Crippen LogP contribution in [-0.2, 0) is 19.8 Å². The highest BCUT2D eigenvalue weighted by molar-refractivity contribution is 5.88. The third-order valence-corrected chi connectivity index (χ3v) is 5.45. The number of hydrogen-bond acceptors (Lipinski definition) is 6. The number of nitrogens with zero attached hydrogens (tertiary/aromatic N) is 1. The molecule has 0 aromatic heterocycles. The molecule has 0 bridgehead atoms. The van der Waals surface area contributed by atoms with Crippen molar-refractivity contribution in [2.24, 2.45) is 0 Å². The molecule has 1 saturated heterocycles. The molecule has 31 heavy (non-hydrogen) atoms. The zero-order chi connectivity index (χ0) is 23.7. The minimum absolute atomic E-state index is 0.267. The van der Waals surface area contributed by atoms with Gasteiger partial charge >= 0.3 is 17.9 Å². The molecule has 2 rings (SSSR count). The summed E-state index contributed by atoms with van der Waals surface area (Å²) in [5.74, 6) is -4.62. The number of carbonyl (C=O) groups is 3. The minimum Gasteiger partial charge on any atom is -0.508 e. The molecule has 174 valence electrons. The maximum absolute atomic E-state index is 10.3. The monoisotopic (exact) mass is 439 g/mol. The molecule has 1 aliphatic heterocycles. The first-order chi connectivity index (χ1) is 14.5. The number of aromatic hydroxyl groups is 1. The number of aliphatic hydroxyl groups is 1. The molecule has 0 spiro atoms. The molecule has 1 unspecified atom stereocenters. The van der Waals surface area contributed by atoms with Crippen LogP contribution in [0.2, 0.25) is 0 Å². The molecular weight excluding hydrogens is 406 g/mol. The number of carboxylic acid groups (broad SMARTS) is 3. The molecule has 0 aliphatic carbocycles. The maximum atomic E-state index is 10.3. The quantitative estimate of drug-likeness (QED) is 0.369. The molecule has 0 radical (unpaired) electrons.